The number of hydrogen-bond donors (Lipinski definition) is 3. The molecule has 3 aromatic carbocycles. The van der Waals surface area contributed by atoms with Crippen LogP contribution >= 0.6 is 0 Å². The van der Waals surface area contributed by atoms with E-state index in [4.69, 9.17) is 0 Å². The lowest BCUT2D eigenvalue weighted by molar-refractivity contribution is -0.111. The molecule has 0 atom stereocenters. The number of aromatic hydroxyl groups is 3. The first-order valence-electron chi connectivity index (χ1n) is 8.44. The zero-order valence-corrected chi connectivity index (χ0v) is 14.7. The minimum Gasteiger partial charge on any atom is -0.507 e. The predicted octanol–water partition coefficient (Wildman–Crippen LogP) is 3.38. The lowest BCUT2D eigenvalue weighted by atomic mass is 9.81. The Morgan fingerprint density at radius 3 is 1.75 bits per heavy atom. The van der Waals surface area contributed by atoms with Crippen LogP contribution in [0.15, 0.2) is 54.1 Å². The molecule has 3 N–H and O–H groups in total. The van der Waals surface area contributed by atoms with E-state index in [0.29, 0.717) is 0 Å². The number of Topliss-reactive ketones (excluding diaryl/α,β-unsaturated/α-hetero) is 3. The van der Waals surface area contributed by atoms with Crippen LogP contribution in [0.5, 0.6) is 17.2 Å². The Kier molecular flexibility index (Phi) is 3.78. The molecule has 0 heterocycles. The molecule has 0 bridgehead atoms. The van der Waals surface area contributed by atoms with E-state index >= 15 is 0 Å². The number of phenolic OH excluding ortho intramolecular Hbond substituents is 3. The Balaban J connectivity index is 2.06. The summed E-state index contributed by atoms with van der Waals surface area (Å²) in [6.45, 7) is 1.34. The highest BCUT2D eigenvalue weighted by Gasteiger charge is 2.38. The molecule has 0 aromatic heterocycles. The molecule has 6 heteroatoms. The molecule has 0 aliphatic heterocycles. The minimum absolute atomic E-state index is 0.0175. The van der Waals surface area contributed by atoms with Crippen molar-refractivity contribution >= 4 is 33.7 Å². The van der Waals surface area contributed by atoms with Gasteiger partial charge in [0, 0.05) is 21.9 Å². The van der Waals surface area contributed by atoms with Gasteiger partial charge in [0.1, 0.15) is 5.75 Å². The molecular formula is C22H14O6. The van der Waals surface area contributed by atoms with Crippen molar-refractivity contribution in [3.8, 4) is 17.2 Å². The number of benzene rings is 3. The lowest BCUT2D eigenvalue weighted by Crippen LogP contribution is -2.30. The van der Waals surface area contributed by atoms with Crippen molar-refractivity contribution in [2.45, 2.75) is 6.92 Å². The molecule has 0 radical (unpaired) electrons. The van der Waals surface area contributed by atoms with Crippen LogP contribution in [-0.4, -0.2) is 32.7 Å². The maximum atomic E-state index is 12.9. The highest BCUT2D eigenvalue weighted by Crippen LogP contribution is 2.48. The van der Waals surface area contributed by atoms with Crippen LogP contribution < -0.4 is 0 Å². The lowest BCUT2D eigenvalue weighted by Gasteiger charge is -2.19. The van der Waals surface area contributed by atoms with Gasteiger partial charge >= 0.3 is 0 Å². The van der Waals surface area contributed by atoms with E-state index < -0.39 is 40.2 Å². The Hall–Kier alpha value is -3.93. The van der Waals surface area contributed by atoms with Crippen molar-refractivity contribution in [2.75, 3.05) is 0 Å². The normalized spacial score (nSPS) is 15.7. The minimum atomic E-state index is -1.02. The van der Waals surface area contributed by atoms with Crippen molar-refractivity contribution < 1.29 is 29.7 Å². The molecule has 0 unspecified atom stereocenters. The topological polar surface area (TPSA) is 112 Å². The third-order valence-corrected chi connectivity index (χ3v) is 4.96. The van der Waals surface area contributed by atoms with E-state index in [1.165, 1.54) is 31.2 Å². The molecule has 3 aromatic rings. The largest absolute Gasteiger partial charge is 0.507 e. The summed E-state index contributed by atoms with van der Waals surface area (Å²) in [5.74, 6) is -4.10. The summed E-state index contributed by atoms with van der Waals surface area (Å²) >= 11 is 0. The van der Waals surface area contributed by atoms with Crippen LogP contribution in [0, 0.1) is 0 Å². The van der Waals surface area contributed by atoms with Gasteiger partial charge in [-0.15, -0.1) is 0 Å². The SMILES string of the molecule is CC(=C1C(=O)C(=O)c2ccccc2C1=O)c1c(O)c(O)c2ccccc2c1O. The maximum absolute atomic E-state index is 12.9. The van der Waals surface area contributed by atoms with E-state index in [0.717, 1.165) is 0 Å². The van der Waals surface area contributed by atoms with Gasteiger partial charge in [0.15, 0.2) is 17.3 Å². The molecule has 1 aliphatic carbocycles. The smallest absolute Gasteiger partial charge is 0.237 e. The number of fused-ring (bicyclic) bond motifs is 2. The van der Waals surface area contributed by atoms with Crippen molar-refractivity contribution in [1.29, 1.82) is 0 Å². The number of ketones is 3. The molecule has 0 fully saturated rings. The van der Waals surface area contributed by atoms with Gasteiger partial charge in [0.25, 0.3) is 0 Å². The van der Waals surface area contributed by atoms with Crippen molar-refractivity contribution in [3.05, 3.63) is 70.8 Å². The van der Waals surface area contributed by atoms with Crippen molar-refractivity contribution in [3.63, 3.8) is 0 Å². The fourth-order valence-electron chi connectivity index (χ4n) is 3.56. The van der Waals surface area contributed by atoms with Gasteiger partial charge in [0.05, 0.1) is 11.1 Å². The van der Waals surface area contributed by atoms with E-state index in [1.54, 1.807) is 24.3 Å². The van der Waals surface area contributed by atoms with Gasteiger partial charge in [-0.1, -0.05) is 48.5 Å². The molecular weight excluding hydrogens is 360 g/mol. The summed E-state index contributed by atoms with van der Waals surface area (Å²) in [4.78, 5) is 38.0. The molecule has 4 rings (SSSR count). The average molecular weight is 374 g/mol. The molecule has 0 spiro atoms. The summed E-state index contributed by atoms with van der Waals surface area (Å²) in [6, 6.07) is 12.2. The van der Waals surface area contributed by atoms with Gasteiger partial charge in [-0.3, -0.25) is 14.4 Å². The summed E-state index contributed by atoms with van der Waals surface area (Å²) in [6.07, 6.45) is 0. The van der Waals surface area contributed by atoms with Crippen LogP contribution in [0.4, 0.5) is 0 Å². The quantitative estimate of drug-likeness (QED) is 0.198. The zero-order valence-electron chi connectivity index (χ0n) is 14.7. The van der Waals surface area contributed by atoms with Gasteiger partial charge < -0.3 is 15.3 Å². The third kappa shape index (κ3) is 2.24. The van der Waals surface area contributed by atoms with Gasteiger partial charge in [-0.05, 0) is 12.5 Å². The summed E-state index contributed by atoms with van der Waals surface area (Å²) in [5, 5.41) is 31.9. The Bertz CT molecular complexity index is 1250. The van der Waals surface area contributed by atoms with E-state index in [2.05, 4.69) is 0 Å². The molecule has 0 amide bonds. The predicted molar refractivity (Wildman–Crippen MR) is 102 cm³/mol. The number of carbonyl (C=O) groups excluding carboxylic acids is 3. The first-order valence-corrected chi connectivity index (χ1v) is 8.44. The highest BCUT2D eigenvalue weighted by molar-refractivity contribution is 6.60. The number of allylic oxidation sites excluding steroid dienone is 2. The van der Waals surface area contributed by atoms with E-state index in [1.807, 2.05) is 0 Å². The molecule has 138 valence electrons. The van der Waals surface area contributed by atoms with Gasteiger partial charge in [0.2, 0.25) is 11.6 Å². The Labute approximate surface area is 159 Å². The first-order chi connectivity index (χ1) is 13.3. The van der Waals surface area contributed by atoms with Gasteiger partial charge in [-0.25, -0.2) is 0 Å². The van der Waals surface area contributed by atoms with E-state index in [9.17, 15) is 29.7 Å². The van der Waals surface area contributed by atoms with E-state index in [-0.39, 0.29) is 33.0 Å². The summed E-state index contributed by atoms with van der Waals surface area (Å²) < 4.78 is 0. The van der Waals surface area contributed by atoms with Gasteiger partial charge in [-0.2, -0.15) is 0 Å². The summed E-state index contributed by atoms with van der Waals surface area (Å²) in [7, 11) is 0. The van der Waals surface area contributed by atoms with Crippen molar-refractivity contribution in [2.24, 2.45) is 0 Å². The fourth-order valence-corrected chi connectivity index (χ4v) is 3.56. The average Bonchev–Trinajstić information content (AvgIpc) is 2.71. The van der Waals surface area contributed by atoms with Crippen molar-refractivity contribution in [1.82, 2.24) is 0 Å². The maximum Gasteiger partial charge on any atom is 0.237 e. The standard InChI is InChI=1S/C22H14O6/c1-10(15-17(23)11-6-2-4-8-13(11)19(25)21(15)27)16-18(24)12-7-3-5-9-14(12)20(26)22(16)28/h2-9,23,25,27H,1H3. The second kappa shape index (κ2) is 6.06. The molecule has 0 saturated carbocycles. The Morgan fingerprint density at radius 1 is 0.643 bits per heavy atom. The first kappa shape index (κ1) is 17.5. The Morgan fingerprint density at radius 2 is 1.14 bits per heavy atom. The highest BCUT2D eigenvalue weighted by atomic mass is 16.3. The van der Waals surface area contributed by atoms with Crippen LogP contribution in [0.2, 0.25) is 0 Å². The molecule has 28 heavy (non-hydrogen) atoms. The third-order valence-electron chi connectivity index (χ3n) is 4.96. The molecule has 1 aliphatic rings. The van der Waals surface area contributed by atoms with Crippen LogP contribution in [0.1, 0.15) is 33.2 Å². The number of phenols is 3. The number of rotatable bonds is 1. The van der Waals surface area contributed by atoms with Crippen LogP contribution in [0.3, 0.4) is 0 Å². The van der Waals surface area contributed by atoms with Crippen LogP contribution in [-0.2, 0) is 4.79 Å². The van der Waals surface area contributed by atoms with Crippen LogP contribution in [0.25, 0.3) is 16.3 Å². The second-order valence-electron chi connectivity index (χ2n) is 6.50. The fraction of sp³-hybridized carbons (Fsp3) is 0.0455. The monoisotopic (exact) mass is 374 g/mol. The second-order valence-corrected chi connectivity index (χ2v) is 6.50. The number of hydrogen-bond acceptors (Lipinski definition) is 6. The zero-order chi connectivity index (χ0) is 20.2. The molecule has 6 nitrogen and oxygen atoms in total. The molecule has 0 saturated heterocycles. The summed E-state index contributed by atoms with van der Waals surface area (Å²) in [5.41, 5.74) is -0.702. The number of carbonyl (C=O) groups is 3.